The second-order valence-electron chi connectivity index (χ2n) is 9.22. The highest BCUT2D eigenvalue weighted by Crippen LogP contribution is 2.28. The molecule has 0 aromatic heterocycles. The molecule has 2 fully saturated rings. The molecule has 1 unspecified atom stereocenters. The molecular weight excluding hydrogens is 385 g/mol. The number of aliphatic hydroxyl groups is 1. The Morgan fingerprint density at radius 1 is 1.23 bits per heavy atom. The van der Waals surface area contributed by atoms with E-state index in [9.17, 15) is 19.1 Å². The second kappa shape index (κ2) is 9.77. The Kier molecular flexibility index (Phi) is 7.34. The molecule has 3 rings (SSSR count). The molecule has 30 heavy (non-hydrogen) atoms. The molecule has 3 amide bonds. The summed E-state index contributed by atoms with van der Waals surface area (Å²) in [5.41, 5.74) is -0.146. The average Bonchev–Trinajstić information content (AvgIpc) is 2.72. The smallest absolute Gasteiger partial charge is 0.317 e. The lowest BCUT2D eigenvalue weighted by Crippen LogP contribution is -2.53. The zero-order valence-electron chi connectivity index (χ0n) is 18.1. The minimum Gasteiger partial charge on any atom is -0.389 e. The van der Waals surface area contributed by atoms with Gasteiger partial charge in [-0.3, -0.25) is 4.79 Å². The molecular formula is C23H34FN3O3. The highest BCUT2D eigenvalue weighted by atomic mass is 19.1. The molecule has 1 aromatic rings. The van der Waals surface area contributed by atoms with E-state index in [4.69, 9.17) is 0 Å². The number of hydrogen-bond acceptors (Lipinski definition) is 3. The van der Waals surface area contributed by atoms with E-state index in [1.54, 1.807) is 11.0 Å². The van der Waals surface area contributed by atoms with Gasteiger partial charge < -0.3 is 20.2 Å². The van der Waals surface area contributed by atoms with Gasteiger partial charge in [0.15, 0.2) is 0 Å². The molecule has 0 radical (unpaired) electrons. The lowest BCUT2D eigenvalue weighted by atomic mass is 9.84. The number of benzene rings is 1. The Bertz CT molecular complexity index is 747. The molecule has 0 spiro atoms. The molecule has 166 valence electrons. The average molecular weight is 420 g/mol. The summed E-state index contributed by atoms with van der Waals surface area (Å²) in [6, 6.07) is 6.23. The van der Waals surface area contributed by atoms with E-state index in [2.05, 4.69) is 19.2 Å². The Balaban J connectivity index is 1.51. The van der Waals surface area contributed by atoms with Crippen molar-refractivity contribution in [3.8, 4) is 0 Å². The van der Waals surface area contributed by atoms with Gasteiger partial charge in [0.1, 0.15) is 5.82 Å². The predicted octanol–water partition coefficient (Wildman–Crippen LogP) is 2.80. The molecule has 1 atom stereocenters. The summed E-state index contributed by atoms with van der Waals surface area (Å²) >= 11 is 0. The summed E-state index contributed by atoms with van der Waals surface area (Å²) in [5.74, 6) is -0.0271. The van der Waals surface area contributed by atoms with E-state index in [1.165, 1.54) is 12.1 Å². The number of piperidine rings is 2. The quantitative estimate of drug-likeness (QED) is 0.771. The van der Waals surface area contributed by atoms with E-state index in [-0.39, 0.29) is 23.7 Å². The van der Waals surface area contributed by atoms with E-state index in [0.717, 1.165) is 18.4 Å². The number of rotatable bonds is 5. The van der Waals surface area contributed by atoms with Gasteiger partial charge >= 0.3 is 6.03 Å². The summed E-state index contributed by atoms with van der Waals surface area (Å²) in [7, 11) is 0. The lowest BCUT2D eigenvalue weighted by molar-refractivity contribution is -0.141. The van der Waals surface area contributed by atoms with Gasteiger partial charge in [0, 0.05) is 39.1 Å². The standard InChI is InChI=1S/C23H34FN3O3/c1-17(2)15-25-22(29)27-10-4-6-19(16-27)21(28)26-11-8-23(30,9-12-26)14-18-5-3-7-20(24)13-18/h3,5,7,13,17,19,30H,4,6,8-12,14-16H2,1-2H3,(H,25,29). The molecule has 0 bridgehead atoms. The third kappa shape index (κ3) is 5.94. The molecule has 0 saturated carbocycles. The Morgan fingerprint density at radius 3 is 2.63 bits per heavy atom. The maximum atomic E-state index is 13.4. The number of nitrogens with zero attached hydrogens (tertiary/aromatic N) is 2. The number of halogens is 1. The number of carbonyl (C=O) groups is 2. The summed E-state index contributed by atoms with van der Waals surface area (Å²) in [6.45, 7) is 6.84. The fourth-order valence-electron chi connectivity index (χ4n) is 4.37. The first-order valence-electron chi connectivity index (χ1n) is 11.0. The monoisotopic (exact) mass is 419 g/mol. The Morgan fingerprint density at radius 2 is 1.97 bits per heavy atom. The Hall–Kier alpha value is -2.15. The zero-order valence-corrected chi connectivity index (χ0v) is 18.1. The maximum Gasteiger partial charge on any atom is 0.317 e. The van der Waals surface area contributed by atoms with Gasteiger partial charge in [-0.1, -0.05) is 26.0 Å². The molecule has 6 nitrogen and oxygen atoms in total. The van der Waals surface area contributed by atoms with Crippen LogP contribution >= 0.6 is 0 Å². The van der Waals surface area contributed by atoms with Crippen LogP contribution in [-0.2, 0) is 11.2 Å². The van der Waals surface area contributed by atoms with Gasteiger partial charge in [-0.2, -0.15) is 0 Å². The van der Waals surface area contributed by atoms with Gasteiger partial charge in [-0.05, 0) is 49.3 Å². The topological polar surface area (TPSA) is 72.9 Å². The van der Waals surface area contributed by atoms with Crippen molar-refractivity contribution in [3.63, 3.8) is 0 Å². The minimum absolute atomic E-state index is 0.0733. The maximum absolute atomic E-state index is 13.4. The van der Waals surface area contributed by atoms with Gasteiger partial charge in [-0.15, -0.1) is 0 Å². The number of carbonyl (C=O) groups excluding carboxylic acids is 2. The second-order valence-corrected chi connectivity index (χ2v) is 9.22. The summed E-state index contributed by atoms with van der Waals surface area (Å²) in [4.78, 5) is 29.0. The van der Waals surface area contributed by atoms with Crippen molar-refractivity contribution < 1.29 is 19.1 Å². The first-order chi connectivity index (χ1) is 14.3. The molecule has 1 aromatic carbocycles. The SMILES string of the molecule is CC(C)CNC(=O)N1CCCC(C(=O)N2CCC(O)(Cc3cccc(F)c3)CC2)C1. The van der Waals surface area contributed by atoms with Gasteiger partial charge in [0.2, 0.25) is 5.91 Å². The van der Waals surface area contributed by atoms with Crippen LogP contribution < -0.4 is 5.32 Å². The third-order valence-corrected chi connectivity index (χ3v) is 6.15. The molecule has 2 N–H and O–H groups in total. The van der Waals surface area contributed by atoms with Gasteiger partial charge in [-0.25, -0.2) is 9.18 Å². The fraction of sp³-hybridized carbons (Fsp3) is 0.652. The molecule has 7 heteroatoms. The zero-order chi connectivity index (χ0) is 21.7. The molecule has 2 heterocycles. The minimum atomic E-state index is -0.917. The number of hydrogen-bond donors (Lipinski definition) is 2. The largest absolute Gasteiger partial charge is 0.389 e. The van der Waals surface area contributed by atoms with Crippen molar-refractivity contribution in [1.82, 2.24) is 15.1 Å². The van der Waals surface area contributed by atoms with Crippen LogP contribution in [0.15, 0.2) is 24.3 Å². The molecule has 2 saturated heterocycles. The number of nitrogens with one attached hydrogen (secondary N) is 1. The number of likely N-dealkylation sites (tertiary alicyclic amines) is 2. The highest BCUT2D eigenvalue weighted by Gasteiger charge is 2.37. The molecule has 2 aliphatic rings. The first-order valence-corrected chi connectivity index (χ1v) is 11.0. The Labute approximate surface area is 178 Å². The van der Waals surface area contributed by atoms with Gasteiger partial charge in [0.05, 0.1) is 11.5 Å². The molecule has 2 aliphatic heterocycles. The van der Waals surface area contributed by atoms with Crippen LogP contribution in [0.1, 0.15) is 45.1 Å². The van der Waals surface area contributed by atoms with Crippen LogP contribution in [0.3, 0.4) is 0 Å². The molecule has 0 aliphatic carbocycles. The van der Waals surface area contributed by atoms with Crippen molar-refractivity contribution in [3.05, 3.63) is 35.6 Å². The fourth-order valence-corrected chi connectivity index (χ4v) is 4.37. The third-order valence-electron chi connectivity index (χ3n) is 6.15. The normalized spacial score (nSPS) is 21.6. The first kappa shape index (κ1) is 22.5. The van der Waals surface area contributed by atoms with Crippen LogP contribution in [0.4, 0.5) is 9.18 Å². The van der Waals surface area contributed by atoms with E-state index < -0.39 is 5.60 Å². The van der Waals surface area contributed by atoms with Crippen molar-refractivity contribution in [1.29, 1.82) is 0 Å². The van der Waals surface area contributed by atoms with Crippen molar-refractivity contribution in [2.45, 2.75) is 51.6 Å². The van der Waals surface area contributed by atoms with E-state index in [0.29, 0.717) is 57.9 Å². The van der Waals surface area contributed by atoms with Crippen molar-refractivity contribution >= 4 is 11.9 Å². The van der Waals surface area contributed by atoms with Crippen molar-refractivity contribution in [2.24, 2.45) is 11.8 Å². The van der Waals surface area contributed by atoms with E-state index in [1.807, 2.05) is 11.0 Å². The summed E-state index contributed by atoms with van der Waals surface area (Å²) in [5, 5.41) is 13.9. The van der Waals surface area contributed by atoms with E-state index >= 15 is 0 Å². The summed E-state index contributed by atoms with van der Waals surface area (Å²) in [6.07, 6.45) is 2.95. The van der Waals surface area contributed by atoms with Crippen LogP contribution in [0.25, 0.3) is 0 Å². The van der Waals surface area contributed by atoms with Gasteiger partial charge in [0.25, 0.3) is 0 Å². The number of urea groups is 1. The van der Waals surface area contributed by atoms with Crippen LogP contribution in [0.5, 0.6) is 0 Å². The highest BCUT2D eigenvalue weighted by molar-refractivity contribution is 5.81. The predicted molar refractivity (Wildman–Crippen MR) is 113 cm³/mol. The number of amides is 3. The summed E-state index contributed by atoms with van der Waals surface area (Å²) < 4.78 is 13.4. The van der Waals surface area contributed by atoms with Crippen molar-refractivity contribution in [2.75, 3.05) is 32.7 Å². The van der Waals surface area contributed by atoms with Crippen LogP contribution in [-0.4, -0.2) is 65.2 Å². The lowest BCUT2D eigenvalue weighted by Gasteiger charge is -2.41. The van der Waals surface area contributed by atoms with Crippen LogP contribution in [0, 0.1) is 17.7 Å². The van der Waals surface area contributed by atoms with Crippen LogP contribution in [0.2, 0.25) is 0 Å².